The molecule has 0 amide bonds. The second-order valence-electron chi connectivity index (χ2n) is 6.63. The number of aromatic amines is 1. The van der Waals surface area contributed by atoms with Crippen LogP contribution in [0.4, 0.5) is 0 Å². The van der Waals surface area contributed by atoms with E-state index >= 15 is 0 Å². The van der Waals surface area contributed by atoms with Crippen LogP contribution in [0.25, 0.3) is 11.0 Å². The highest BCUT2D eigenvalue weighted by Crippen LogP contribution is 2.34. The molecule has 2 aromatic carbocycles. The van der Waals surface area contributed by atoms with Gasteiger partial charge < -0.3 is 4.98 Å². The molecule has 0 bridgehead atoms. The first-order valence-corrected chi connectivity index (χ1v) is 8.09. The van der Waals surface area contributed by atoms with Gasteiger partial charge in [0.15, 0.2) is 5.78 Å². The standard InChI is InChI=1S/C20H18N2O2/c1-10-5-4-6-13-14(10)9-15(19(13)23)18-20(24)22-17-8-12(3)11(2)7-16(17)21-18/h4-8,15H,9H2,1-3H3,(H,22,24)/t15-/m0/s1. The molecule has 0 saturated carbocycles. The molecule has 1 aromatic heterocycles. The van der Waals surface area contributed by atoms with Crippen LogP contribution in [0.2, 0.25) is 0 Å². The SMILES string of the molecule is Cc1cc2nc([C@@H]3Cc4c(C)cccc4C3=O)c(=O)[nH]c2cc1C. The van der Waals surface area contributed by atoms with E-state index in [0.717, 1.165) is 33.3 Å². The molecule has 1 heterocycles. The van der Waals surface area contributed by atoms with E-state index in [1.807, 2.05) is 51.1 Å². The van der Waals surface area contributed by atoms with Gasteiger partial charge in [0, 0.05) is 5.56 Å². The number of hydrogen-bond donors (Lipinski definition) is 1. The molecule has 0 fully saturated rings. The average Bonchev–Trinajstić information content (AvgIpc) is 2.87. The molecule has 3 aromatic rings. The van der Waals surface area contributed by atoms with Gasteiger partial charge in [0.05, 0.1) is 17.0 Å². The molecule has 0 unspecified atom stereocenters. The number of aryl methyl sites for hydroxylation is 3. The molecule has 24 heavy (non-hydrogen) atoms. The molecule has 0 saturated heterocycles. The lowest BCUT2D eigenvalue weighted by atomic mass is 10.00. The number of aromatic nitrogens is 2. The summed E-state index contributed by atoms with van der Waals surface area (Å²) >= 11 is 0. The van der Waals surface area contributed by atoms with Gasteiger partial charge in [-0.1, -0.05) is 18.2 Å². The summed E-state index contributed by atoms with van der Waals surface area (Å²) in [5.41, 5.74) is 6.57. The first kappa shape index (κ1) is 14.8. The highest BCUT2D eigenvalue weighted by Gasteiger charge is 2.35. The van der Waals surface area contributed by atoms with Gasteiger partial charge in [-0.3, -0.25) is 9.59 Å². The Labute approximate surface area is 139 Å². The van der Waals surface area contributed by atoms with Crippen molar-refractivity contribution in [3.8, 4) is 0 Å². The third-order valence-electron chi connectivity index (χ3n) is 5.06. The third kappa shape index (κ3) is 2.10. The largest absolute Gasteiger partial charge is 0.319 e. The molecule has 4 nitrogen and oxygen atoms in total. The molecule has 1 atom stereocenters. The maximum Gasteiger partial charge on any atom is 0.270 e. The van der Waals surface area contributed by atoms with Gasteiger partial charge in [0.1, 0.15) is 5.69 Å². The maximum atomic E-state index is 12.8. The van der Waals surface area contributed by atoms with Crippen molar-refractivity contribution in [2.75, 3.05) is 0 Å². The minimum Gasteiger partial charge on any atom is -0.319 e. The summed E-state index contributed by atoms with van der Waals surface area (Å²) in [6, 6.07) is 9.62. The lowest BCUT2D eigenvalue weighted by Gasteiger charge is -2.09. The predicted octanol–water partition coefficient (Wildman–Crippen LogP) is 3.37. The number of hydrogen-bond acceptors (Lipinski definition) is 3. The summed E-state index contributed by atoms with van der Waals surface area (Å²) in [6.07, 6.45) is 0.549. The Bertz CT molecular complexity index is 1060. The molecule has 4 rings (SSSR count). The van der Waals surface area contributed by atoms with E-state index in [0.29, 0.717) is 17.6 Å². The highest BCUT2D eigenvalue weighted by molar-refractivity contribution is 6.05. The topological polar surface area (TPSA) is 62.8 Å². The fourth-order valence-corrected chi connectivity index (χ4v) is 3.51. The van der Waals surface area contributed by atoms with E-state index in [1.54, 1.807) is 0 Å². The predicted molar refractivity (Wildman–Crippen MR) is 93.8 cm³/mol. The number of ketones is 1. The molecule has 1 aliphatic rings. The van der Waals surface area contributed by atoms with Gasteiger partial charge in [-0.05, 0) is 61.6 Å². The van der Waals surface area contributed by atoms with Crippen LogP contribution in [-0.4, -0.2) is 15.8 Å². The minimum atomic E-state index is -0.490. The van der Waals surface area contributed by atoms with Crippen molar-refractivity contribution in [1.82, 2.24) is 9.97 Å². The van der Waals surface area contributed by atoms with Crippen molar-refractivity contribution in [3.63, 3.8) is 0 Å². The average molecular weight is 318 g/mol. The van der Waals surface area contributed by atoms with Crippen LogP contribution in [0, 0.1) is 20.8 Å². The smallest absolute Gasteiger partial charge is 0.270 e. The van der Waals surface area contributed by atoms with Crippen molar-refractivity contribution in [3.05, 3.63) is 74.2 Å². The molecule has 0 radical (unpaired) electrons. The Morgan fingerprint density at radius 1 is 1.04 bits per heavy atom. The Morgan fingerprint density at radius 2 is 1.79 bits per heavy atom. The lowest BCUT2D eigenvalue weighted by molar-refractivity contribution is 0.0971. The normalized spacial score (nSPS) is 16.6. The second kappa shape index (κ2) is 5.13. The van der Waals surface area contributed by atoms with Crippen LogP contribution in [0.5, 0.6) is 0 Å². The van der Waals surface area contributed by atoms with E-state index in [1.165, 1.54) is 0 Å². The molecule has 0 aliphatic heterocycles. The summed E-state index contributed by atoms with van der Waals surface area (Å²) in [4.78, 5) is 32.7. The van der Waals surface area contributed by atoms with Crippen LogP contribution >= 0.6 is 0 Å². The van der Waals surface area contributed by atoms with Crippen molar-refractivity contribution in [2.24, 2.45) is 0 Å². The van der Waals surface area contributed by atoms with E-state index < -0.39 is 5.92 Å². The molecule has 120 valence electrons. The Morgan fingerprint density at radius 3 is 2.54 bits per heavy atom. The van der Waals surface area contributed by atoms with Gasteiger partial charge in [0.25, 0.3) is 5.56 Å². The summed E-state index contributed by atoms with van der Waals surface area (Å²) in [6.45, 7) is 6.01. The number of nitrogens with zero attached hydrogens (tertiary/aromatic N) is 1. The van der Waals surface area contributed by atoms with Crippen LogP contribution in [0.1, 0.15) is 44.2 Å². The fraction of sp³-hybridized carbons (Fsp3) is 0.250. The summed E-state index contributed by atoms with van der Waals surface area (Å²) in [5, 5.41) is 0. The number of benzene rings is 2. The molecule has 0 spiro atoms. The first-order chi connectivity index (χ1) is 11.5. The van der Waals surface area contributed by atoms with Gasteiger partial charge in [-0.15, -0.1) is 0 Å². The van der Waals surface area contributed by atoms with Crippen LogP contribution in [-0.2, 0) is 6.42 Å². The van der Waals surface area contributed by atoms with Gasteiger partial charge in [0.2, 0.25) is 0 Å². The maximum absolute atomic E-state index is 12.8. The first-order valence-electron chi connectivity index (χ1n) is 8.09. The molecule has 4 heteroatoms. The Hall–Kier alpha value is -2.75. The molecular formula is C20H18N2O2. The second-order valence-corrected chi connectivity index (χ2v) is 6.63. The van der Waals surface area contributed by atoms with Crippen LogP contribution in [0.15, 0.2) is 35.1 Å². The molecular weight excluding hydrogens is 300 g/mol. The number of nitrogens with one attached hydrogen (secondary N) is 1. The zero-order valence-electron chi connectivity index (χ0n) is 13.9. The summed E-state index contributed by atoms with van der Waals surface area (Å²) in [5.74, 6) is -0.495. The van der Waals surface area contributed by atoms with E-state index in [-0.39, 0.29) is 11.3 Å². The number of H-pyrrole nitrogens is 1. The molecule has 1 aliphatic carbocycles. The van der Waals surface area contributed by atoms with Crippen LogP contribution in [0.3, 0.4) is 0 Å². The number of Topliss-reactive ketones (excluding diaryl/α,β-unsaturated/α-hetero) is 1. The summed E-state index contributed by atoms with van der Waals surface area (Å²) < 4.78 is 0. The van der Waals surface area contributed by atoms with E-state index in [2.05, 4.69) is 9.97 Å². The number of fused-ring (bicyclic) bond motifs is 2. The zero-order valence-corrected chi connectivity index (χ0v) is 13.9. The van der Waals surface area contributed by atoms with Crippen molar-refractivity contribution < 1.29 is 4.79 Å². The highest BCUT2D eigenvalue weighted by atomic mass is 16.1. The lowest BCUT2D eigenvalue weighted by Crippen LogP contribution is -2.22. The number of carbonyl (C=O) groups excluding carboxylic acids is 1. The van der Waals surface area contributed by atoms with Gasteiger partial charge in [-0.2, -0.15) is 0 Å². The number of rotatable bonds is 1. The number of carbonyl (C=O) groups is 1. The molecule has 1 N–H and O–H groups in total. The van der Waals surface area contributed by atoms with Crippen LogP contribution < -0.4 is 5.56 Å². The van der Waals surface area contributed by atoms with E-state index in [9.17, 15) is 9.59 Å². The Kier molecular flexibility index (Phi) is 3.17. The van der Waals surface area contributed by atoms with Crippen molar-refractivity contribution in [1.29, 1.82) is 0 Å². The van der Waals surface area contributed by atoms with Gasteiger partial charge >= 0.3 is 0 Å². The zero-order chi connectivity index (χ0) is 17.0. The van der Waals surface area contributed by atoms with E-state index in [4.69, 9.17) is 0 Å². The Balaban J connectivity index is 1.88. The van der Waals surface area contributed by atoms with Gasteiger partial charge in [-0.25, -0.2) is 4.98 Å². The quantitative estimate of drug-likeness (QED) is 0.748. The summed E-state index contributed by atoms with van der Waals surface area (Å²) in [7, 11) is 0. The minimum absolute atomic E-state index is 0.00474. The fourth-order valence-electron chi connectivity index (χ4n) is 3.51. The third-order valence-corrected chi connectivity index (χ3v) is 5.06. The van der Waals surface area contributed by atoms with Crippen molar-refractivity contribution in [2.45, 2.75) is 33.1 Å². The van der Waals surface area contributed by atoms with Crippen molar-refractivity contribution >= 4 is 16.8 Å². The monoisotopic (exact) mass is 318 g/mol.